The van der Waals surface area contributed by atoms with Gasteiger partial charge in [0, 0.05) is 29.9 Å². The van der Waals surface area contributed by atoms with Gasteiger partial charge in [-0.2, -0.15) is 5.10 Å². The molecule has 0 aliphatic carbocycles. The summed E-state index contributed by atoms with van der Waals surface area (Å²) < 4.78 is 0. The minimum Gasteiger partial charge on any atom is -0.305 e. The highest BCUT2D eigenvalue weighted by Crippen LogP contribution is 2.29. The molecule has 0 atom stereocenters. The molecule has 3 aromatic heterocycles. The van der Waals surface area contributed by atoms with Gasteiger partial charge in [0.25, 0.3) is 5.56 Å². The zero-order chi connectivity index (χ0) is 20.7. The lowest BCUT2D eigenvalue weighted by Crippen LogP contribution is -2.10. The van der Waals surface area contributed by atoms with Crippen molar-refractivity contribution in [1.82, 2.24) is 30.0 Å². The third-order valence-electron chi connectivity index (χ3n) is 5.03. The monoisotopic (exact) mass is 396 g/mol. The predicted molar refractivity (Wildman–Crippen MR) is 118 cm³/mol. The van der Waals surface area contributed by atoms with Gasteiger partial charge in [-0.25, -0.2) is 4.98 Å². The van der Waals surface area contributed by atoms with Gasteiger partial charge in [-0.1, -0.05) is 18.2 Å². The molecular weight excluding hydrogens is 376 g/mol. The van der Waals surface area contributed by atoms with Crippen molar-refractivity contribution in [3.63, 3.8) is 0 Å². The van der Waals surface area contributed by atoms with Gasteiger partial charge >= 0.3 is 0 Å². The largest absolute Gasteiger partial charge is 0.305 e. The lowest BCUT2D eigenvalue weighted by Gasteiger charge is -2.10. The van der Waals surface area contributed by atoms with E-state index in [2.05, 4.69) is 42.2 Å². The van der Waals surface area contributed by atoms with Gasteiger partial charge < -0.3 is 9.88 Å². The maximum atomic E-state index is 12.5. The Morgan fingerprint density at radius 1 is 0.967 bits per heavy atom. The molecule has 0 unspecified atom stereocenters. The van der Waals surface area contributed by atoms with E-state index >= 15 is 0 Å². The minimum absolute atomic E-state index is 0.177. The Hall–Kier alpha value is -3.84. The maximum absolute atomic E-state index is 12.5. The van der Waals surface area contributed by atoms with Crippen LogP contribution in [0.4, 0.5) is 0 Å². The van der Waals surface area contributed by atoms with Crippen LogP contribution in [0.5, 0.6) is 0 Å². The van der Waals surface area contributed by atoms with Gasteiger partial charge in [-0.15, -0.1) is 0 Å². The average Bonchev–Trinajstić information content (AvgIpc) is 3.17. The molecule has 2 aromatic carbocycles. The fraction of sp³-hybridized carbons (Fsp3) is 0.130. The van der Waals surface area contributed by atoms with Crippen LogP contribution >= 0.6 is 0 Å². The molecular formula is C23H20N6O. The van der Waals surface area contributed by atoms with Crippen molar-refractivity contribution >= 4 is 21.8 Å². The summed E-state index contributed by atoms with van der Waals surface area (Å²) in [7, 11) is 4.07. The number of benzene rings is 2. The summed E-state index contributed by atoms with van der Waals surface area (Å²) in [4.78, 5) is 26.5. The molecule has 0 aliphatic rings. The third kappa shape index (κ3) is 3.25. The highest BCUT2D eigenvalue weighted by Gasteiger charge is 2.14. The first-order chi connectivity index (χ1) is 14.6. The molecule has 0 radical (unpaired) electrons. The molecule has 2 N–H and O–H groups in total. The highest BCUT2D eigenvalue weighted by atomic mass is 16.1. The van der Waals surface area contributed by atoms with Gasteiger partial charge in [0.15, 0.2) is 5.82 Å². The third-order valence-corrected chi connectivity index (χ3v) is 5.03. The highest BCUT2D eigenvalue weighted by molar-refractivity contribution is 5.95. The Bertz CT molecular complexity index is 1430. The van der Waals surface area contributed by atoms with Crippen molar-refractivity contribution < 1.29 is 0 Å². The number of nitrogens with zero attached hydrogens (tertiary/aromatic N) is 4. The second-order valence-electron chi connectivity index (χ2n) is 7.58. The van der Waals surface area contributed by atoms with Gasteiger partial charge in [0.2, 0.25) is 0 Å². The van der Waals surface area contributed by atoms with Crippen LogP contribution in [0, 0.1) is 0 Å². The summed E-state index contributed by atoms with van der Waals surface area (Å²) in [5.41, 5.74) is 5.16. The molecule has 148 valence electrons. The van der Waals surface area contributed by atoms with Gasteiger partial charge in [0.05, 0.1) is 16.4 Å². The van der Waals surface area contributed by atoms with Gasteiger partial charge in [0.1, 0.15) is 5.69 Å². The Kier molecular flexibility index (Phi) is 4.37. The number of nitrogens with one attached hydrogen (secondary N) is 2. The molecule has 0 spiro atoms. The van der Waals surface area contributed by atoms with Crippen molar-refractivity contribution in [2.24, 2.45) is 0 Å². The molecule has 0 saturated heterocycles. The van der Waals surface area contributed by atoms with Crippen molar-refractivity contribution in [3.8, 4) is 22.6 Å². The van der Waals surface area contributed by atoms with E-state index in [4.69, 9.17) is 0 Å². The smallest absolute Gasteiger partial charge is 0.259 e. The first-order valence-electron chi connectivity index (χ1n) is 9.65. The normalized spacial score (nSPS) is 11.6. The fourth-order valence-electron chi connectivity index (χ4n) is 3.67. The number of H-pyrrole nitrogens is 2. The van der Waals surface area contributed by atoms with Crippen LogP contribution in [0.15, 0.2) is 65.7 Å². The quantitative estimate of drug-likeness (QED) is 0.484. The molecule has 0 bridgehead atoms. The van der Waals surface area contributed by atoms with Crippen LogP contribution in [0.25, 0.3) is 44.5 Å². The molecule has 7 nitrogen and oxygen atoms in total. The van der Waals surface area contributed by atoms with E-state index in [9.17, 15) is 4.79 Å². The van der Waals surface area contributed by atoms with Crippen molar-refractivity contribution in [1.29, 1.82) is 0 Å². The van der Waals surface area contributed by atoms with Crippen LogP contribution in [0.3, 0.4) is 0 Å². The van der Waals surface area contributed by atoms with E-state index in [0.717, 1.165) is 34.1 Å². The number of aromatic amines is 2. The topological polar surface area (TPSA) is 90.6 Å². The summed E-state index contributed by atoms with van der Waals surface area (Å²) in [5.74, 6) is 0.446. The summed E-state index contributed by atoms with van der Waals surface area (Å²) in [6, 6.07) is 15.5. The second-order valence-corrected chi connectivity index (χ2v) is 7.58. The summed E-state index contributed by atoms with van der Waals surface area (Å²) in [6.07, 6.45) is 3.74. The predicted octanol–water partition coefficient (Wildman–Crippen LogP) is 3.59. The Balaban J connectivity index is 1.63. The van der Waals surface area contributed by atoms with Crippen molar-refractivity contribution in [2.75, 3.05) is 14.1 Å². The molecule has 5 rings (SSSR count). The van der Waals surface area contributed by atoms with E-state index in [0.29, 0.717) is 22.4 Å². The molecule has 30 heavy (non-hydrogen) atoms. The van der Waals surface area contributed by atoms with E-state index in [1.165, 1.54) is 0 Å². The summed E-state index contributed by atoms with van der Waals surface area (Å²) in [6.45, 7) is 0.822. The number of hydrogen-bond donors (Lipinski definition) is 2. The number of hydrogen-bond acceptors (Lipinski definition) is 5. The number of fused-ring (bicyclic) bond motifs is 2. The number of aromatic nitrogens is 5. The van der Waals surface area contributed by atoms with Gasteiger partial charge in [-0.3, -0.25) is 14.9 Å². The van der Waals surface area contributed by atoms with E-state index < -0.39 is 0 Å². The molecule has 5 aromatic rings. The average molecular weight is 396 g/mol. The Labute approximate surface area is 172 Å². The SMILES string of the molecule is CN(C)Cc1cncc(-c2ccc3[nH]nc(-c4nc5ccccc5c(=O)[nH]4)c3c2)c1. The van der Waals surface area contributed by atoms with Crippen LogP contribution in [-0.4, -0.2) is 44.1 Å². The zero-order valence-corrected chi connectivity index (χ0v) is 16.7. The molecule has 0 amide bonds. The fourth-order valence-corrected chi connectivity index (χ4v) is 3.67. The van der Waals surface area contributed by atoms with E-state index in [1.54, 1.807) is 6.07 Å². The lowest BCUT2D eigenvalue weighted by molar-refractivity contribution is 0.402. The van der Waals surface area contributed by atoms with Crippen molar-refractivity contribution in [2.45, 2.75) is 6.54 Å². The minimum atomic E-state index is -0.177. The second kappa shape index (κ2) is 7.20. The molecule has 3 heterocycles. The maximum Gasteiger partial charge on any atom is 0.259 e. The van der Waals surface area contributed by atoms with Crippen LogP contribution in [0.2, 0.25) is 0 Å². The zero-order valence-electron chi connectivity index (χ0n) is 16.7. The van der Waals surface area contributed by atoms with Crippen molar-refractivity contribution in [3.05, 3.63) is 76.8 Å². The summed E-state index contributed by atoms with van der Waals surface area (Å²) >= 11 is 0. The number of rotatable bonds is 4. The molecule has 7 heteroatoms. The lowest BCUT2D eigenvalue weighted by atomic mass is 10.0. The Morgan fingerprint density at radius 3 is 2.70 bits per heavy atom. The standard InChI is InChI=1S/C23H20N6O/c1-29(2)13-14-9-16(12-24-11-14)15-7-8-20-18(10-15)21(28-27-20)22-25-19-6-4-3-5-17(19)23(30)26-22/h3-12H,13H2,1-2H3,(H,27,28)(H,25,26,30). The van der Waals surface area contributed by atoms with Gasteiger partial charge in [-0.05, 0) is 55.6 Å². The first kappa shape index (κ1) is 18.2. The van der Waals surface area contributed by atoms with Crippen LogP contribution < -0.4 is 5.56 Å². The number of para-hydroxylation sites is 1. The molecule has 0 aliphatic heterocycles. The first-order valence-corrected chi connectivity index (χ1v) is 9.65. The molecule has 0 fully saturated rings. The van der Waals surface area contributed by atoms with E-state index in [1.807, 2.05) is 56.8 Å². The Morgan fingerprint density at radius 2 is 1.83 bits per heavy atom. The number of pyridine rings is 1. The van der Waals surface area contributed by atoms with Crippen LogP contribution in [-0.2, 0) is 6.54 Å². The van der Waals surface area contributed by atoms with Crippen LogP contribution in [0.1, 0.15) is 5.56 Å². The summed E-state index contributed by atoms with van der Waals surface area (Å²) in [5, 5.41) is 8.91. The molecule has 0 saturated carbocycles. The van der Waals surface area contributed by atoms with E-state index in [-0.39, 0.29) is 5.56 Å².